The van der Waals surface area contributed by atoms with Gasteiger partial charge in [0.25, 0.3) is 0 Å². The lowest BCUT2D eigenvalue weighted by Gasteiger charge is -2.02. The molecule has 4 heteroatoms. The van der Waals surface area contributed by atoms with Crippen LogP contribution in [0.4, 0.5) is 5.95 Å². The quantitative estimate of drug-likeness (QED) is 0.650. The van der Waals surface area contributed by atoms with Crippen LogP contribution in [-0.4, -0.2) is 21.1 Å². The highest BCUT2D eigenvalue weighted by Gasteiger charge is 2.03. The summed E-state index contributed by atoms with van der Waals surface area (Å²) in [6.07, 6.45) is 10.7. The molecule has 116 valence electrons. The Bertz CT molecular complexity index is 533. The van der Waals surface area contributed by atoms with Crippen LogP contribution in [0.5, 0.6) is 0 Å². The highest BCUT2D eigenvalue weighted by molar-refractivity contribution is 5.44. The Balaban J connectivity index is 1.61. The van der Waals surface area contributed by atoms with Crippen molar-refractivity contribution in [1.82, 2.24) is 14.6 Å². The minimum Gasteiger partial charge on any atom is -0.353 e. The normalized spacial score (nSPS) is 11.1. The van der Waals surface area contributed by atoms with Crippen LogP contribution >= 0.6 is 0 Å². The van der Waals surface area contributed by atoms with Crippen molar-refractivity contribution in [3.8, 4) is 0 Å². The summed E-state index contributed by atoms with van der Waals surface area (Å²) in [6.45, 7) is 5.27. The fraction of sp³-hybridized carbons (Fsp3) is 0.647. The third-order valence-electron chi connectivity index (χ3n) is 3.86. The molecule has 21 heavy (non-hydrogen) atoms. The molecule has 0 bridgehead atoms. The Morgan fingerprint density at radius 1 is 1.00 bits per heavy atom. The molecule has 0 aliphatic rings. The fourth-order valence-corrected chi connectivity index (χ4v) is 2.57. The van der Waals surface area contributed by atoms with Crippen LogP contribution in [0.1, 0.15) is 64.0 Å². The number of nitrogens with one attached hydrogen (secondary N) is 1. The van der Waals surface area contributed by atoms with E-state index in [4.69, 9.17) is 0 Å². The van der Waals surface area contributed by atoms with Crippen LogP contribution in [0, 0.1) is 6.92 Å². The van der Waals surface area contributed by atoms with Crippen molar-refractivity contribution in [1.29, 1.82) is 0 Å². The van der Waals surface area contributed by atoms with Crippen molar-refractivity contribution in [2.45, 2.75) is 65.2 Å². The van der Waals surface area contributed by atoms with Crippen molar-refractivity contribution in [2.75, 3.05) is 11.9 Å². The number of fused-ring (bicyclic) bond motifs is 1. The lowest BCUT2D eigenvalue weighted by molar-refractivity contribution is 0.581. The number of unbranched alkanes of at least 4 members (excludes halogenated alkanes) is 7. The van der Waals surface area contributed by atoms with Gasteiger partial charge in [-0.25, -0.2) is 4.52 Å². The molecule has 2 rings (SSSR count). The molecule has 2 aromatic heterocycles. The fourth-order valence-electron chi connectivity index (χ4n) is 2.57. The van der Waals surface area contributed by atoms with Gasteiger partial charge in [-0.1, -0.05) is 57.9 Å². The van der Waals surface area contributed by atoms with Gasteiger partial charge in [0.05, 0.1) is 0 Å². The average Bonchev–Trinajstić information content (AvgIpc) is 2.90. The third kappa shape index (κ3) is 5.03. The molecule has 0 saturated heterocycles. The minimum atomic E-state index is 0.743. The summed E-state index contributed by atoms with van der Waals surface area (Å²) in [5.74, 6) is 0.743. The average molecular weight is 288 g/mol. The largest absolute Gasteiger partial charge is 0.353 e. The number of rotatable bonds is 10. The molecule has 0 aliphatic heterocycles. The predicted molar refractivity (Wildman–Crippen MR) is 88.8 cm³/mol. The number of hydrogen-bond donors (Lipinski definition) is 1. The van der Waals surface area contributed by atoms with Crippen LogP contribution in [0.2, 0.25) is 0 Å². The smallest absolute Gasteiger partial charge is 0.243 e. The molecule has 1 N–H and O–H groups in total. The van der Waals surface area contributed by atoms with Gasteiger partial charge in [0, 0.05) is 12.2 Å². The number of aryl methyl sites for hydroxylation is 1. The van der Waals surface area contributed by atoms with E-state index in [1.807, 2.05) is 29.6 Å². The molecule has 2 aromatic rings. The third-order valence-corrected chi connectivity index (χ3v) is 3.86. The molecule has 0 spiro atoms. The topological polar surface area (TPSA) is 42.2 Å². The van der Waals surface area contributed by atoms with Crippen LogP contribution in [0.25, 0.3) is 5.65 Å². The van der Waals surface area contributed by atoms with Gasteiger partial charge in [0.15, 0.2) is 5.65 Å². The summed E-state index contributed by atoms with van der Waals surface area (Å²) >= 11 is 0. The molecule has 0 atom stereocenters. The maximum atomic E-state index is 4.48. The number of nitrogens with zero attached hydrogens (tertiary/aromatic N) is 3. The van der Waals surface area contributed by atoms with Gasteiger partial charge in [0.1, 0.15) is 0 Å². The molecular weight excluding hydrogens is 260 g/mol. The number of aromatic nitrogens is 3. The van der Waals surface area contributed by atoms with Crippen LogP contribution in [0.3, 0.4) is 0 Å². The van der Waals surface area contributed by atoms with E-state index < -0.39 is 0 Å². The zero-order chi connectivity index (χ0) is 14.9. The van der Waals surface area contributed by atoms with E-state index in [0.717, 1.165) is 23.8 Å². The first-order chi connectivity index (χ1) is 10.3. The highest BCUT2D eigenvalue weighted by atomic mass is 15.3. The van der Waals surface area contributed by atoms with Gasteiger partial charge in [-0.3, -0.25) is 0 Å². The first-order valence-electron chi connectivity index (χ1n) is 8.37. The Morgan fingerprint density at radius 2 is 1.71 bits per heavy atom. The molecule has 2 heterocycles. The minimum absolute atomic E-state index is 0.743. The molecule has 0 unspecified atom stereocenters. The summed E-state index contributed by atoms with van der Waals surface area (Å²) in [5, 5.41) is 7.80. The lowest BCUT2D eigenvalue weighted by Crippen LogP contribution is -2.03. The zero-order valence-electron chi connectivity index (χ0n) is 13.4. The van der Waals surface area contributed by atoms with Crippen LogP contribution < -0.4 is 5.32 Å². The molecular formula is C17H28N4. The summed E-state index contributed by atoms with van der Waals surface area (Å²) < 4.78 is 1.88. The van der Waals surface area contributed by atoms with E-state index in [9.17, 15) is 0 Å². The summed E-state index contributed by atoms with van der Waals surface area (Å²) in [5.41, 5.74) is 2.02. The van der Waals surface area contributed by atoms with Crippen molar-refractivity contribution in [3.63, 3.8) is 0 Å². The maximum Gasteiger partial charge on any atom is 0.243 e. The van der Waals surface area contributed by atoms with E-state index in [1.165, 1.54) is 51.4 Å². The second kappa shape index (κ2) is 8.65. The predicted octanol–water partition coefficient (Wildman–Crippen LogP) is 4.59. The molecule has 0 saturated carbocycles. The van der Waals surface area contributed by atoms with Gasteiger partial charge in [0.2, 0.25) is 5.95 Å². The molecule has 0 radical (unpaired) electrons. The van der Waals surface area contributed by atoms with Gasteiger partial charge in [-0.15, -0.1) is 5.10 Å². The standard InChI is InChI=1S/C17H28N4/c1-3-4-5-6-7-8-9-10-14-18-17-19-16-13-11-12-15(2)21(16)20-17/h11-13H,3-10,14H2,1-2H3,(H,18,20). The second-order valence-corrected chi connectivity index (χ2v) is 5.77. The second-order valence-electron chi connectivity index (χ2n) is 5.77. The Hall–Kier alpha value is -1.58. The number of hydrogen-bond acceptors (Lipinski definition) is 3. The Kier molecular flexibility index (Phi) is 6.51. The summed E-state index contributed by atoms with van der Waals surface area (Å²) in [7, 11) is 0. The monoisotopic (exact) mass is 288 g/mol. The van der Waals surface area contributed by atoms with E-state index in [-0.39, 0.29) is 0 Å². The first kappa shape index (κ1) is 15.8. The van der Waals surface area contributed by atoms with E-state index >= 15 is 0 Å². The van der Waals surface area contributed by atoms with Gasteiger partial charge in [-0.2, -0.15) is 4.98 Å². The van der Waals surface area contributed by atoms with Crippen molar-refractivity contribution in [3.05, 3.63) is 23.9 Å². The molecule has 4 nitrogen and oxygen atoms in total. The maximum absolute atomic E-state index is 4.48. The molecule has 0 aromatic carbocycles. The first-order valence-corrected chi connectivity index (χ1v) is 8.37. The number of anilines is 1. The number of pyridine rings is 1. The SMILES string of the molecule is CCCCCCCCCCNc1nc2cccc(C)n2n1. The van der Waals surface area contributed by atoms with Gasteiger partial charge < -0.3 is 5.32 Å². The molecule has 0 fully saturated rings. The van der Waals surface area contributed by atoms with E-state index in [2.05, 4.69) is 22.3 Å². The van der Waals surface area contributed by atoms with Crippen molar-refractivity contribution in [2.24, 2.45) is 0 Å². The van der Waals surface area contributed by atoms with Gasteiger partial charge in [-0.05, 0) is 25.5 Å². The Morgan fingerprint density at radius 3 is 2.43 bits per heavy atom. The zero-order valence-corrected chi connectivity index (χ0v) is 13.4. The van der Waals surface area contributed by atoms with Gasteiger partial charge >= 0.3 is 0 Å². The Labute approximate surface area is 128 Å². The summed E-state index contributed by atoms with van der Waals surface area (Å²) in [4.78, 5) is 4.48. The lowest BCUT2D eigenvalue weighted by atomic mass is 10.1. The highest BCUT2D eigenvalue weighted by Crippen LogP contribution is 2.10. The molecule has 0 amide bonds. The van der Waals surface area contributed by atoms with Crippen LogP contribution in [-0.2, 0) is 0 Å². The summed E-state index contributed by atoms with van der Waals surface area (Å²) in [6, 6.07) is 6.05. The molecule has 0 aliphatic carbocycles. The van der Waals surface area contributed by atoms with Crippen molar-refractivity contribution < 1.29 is 0 Å². The van der Waals surface area contributed by atoms with Crippen LogP contribution in [0.15, 0.2) is 18.2 Å². The van der Waals surface area contributed by atoms with Crippen molar-refractivity contribution >= 4 is 11.6 Å². The van der Waals surface area contributed by atoms with E-state index in [0.29, 0.717) is 0 Å². The van der Waals surface area contributed by atoms with E-state index in [1.54, 1.807) is 0 Å².